The number of Topliss-reactive ketones (excluding diaryl/α,β-unsaturated/α-hetero) is 1. The molecule has 0 aromatic rings. The van der Waals surface area contributed by atoms with Gasteiger partial charge in [-0.3, -0.25) is 4.79 Å². The topological polar surface area (TPSA) is 26.3 Å². The Morgan fingerprint density at radius 2 is 2.40 bits per heavy atom. The van der Waals surface area contributed by atoms with Crippen LogP contribution in [0.2, 0.25) is 0 Å². The minimum Gasteiger partial charge on any atom is -0.377 e. The molecule has 1 aliphatic heterocycles. The lowest BCUT2D eigenvalue weighted by atomic mass is 9.67. The predicted octanol–water partition coefficient (Wildman–Crippen LogP) is 0.610. The van der Waals surface area contributed by atoms with Crippen molar-refractivity contribution in [2.75, 3.05) is 6.61 Å². The highest BCUT2D eigenvalue weighted by Gasteiger charge is 2.58. The second-order valence-corrected chi connectivity index (χ2v) is 3.72. The van der Waals surface area contributed by atoms with Gasteiger partial charge in [0.2, 0.25) is 0 Å². The van der Waals surface area contributed by atoms with Crippen molar-refractivity contribution in [2.45, 2.75) is 18.9 Å². The molecule has 10 heavy (non-hydrogen) atoms. The van der Waals surface area contributed by atoms with E-state index >= 15 is 0 Å². The average Bonchev–Trinajstić information content (AvgIpc) is 2.14. The van der Waals surface area contributed by atoms with Crippen LogP contribution in [0.15, 0.2) is 0 Å². The summed E-state index contributed by atoms with van der Waals surface area (Å²) in [5.74, 6) is 2.28. The quantitative estimate of drug-likeness (QED) is 0.490. The van der Waals surface area contributed by atoms with Gasteiger partial charge in [-0.25, -0.2) is 0 Å². The number of carbonyl (C=O) groups is 1. The molecular formula is C8H10O2. The van der Waals surface area contributed by atoms with Gasteiger partial charge in [0.05, 0.1) is 12.7 Å². The normalized spacial score (nSPS) is 56.6. The summed E-state index contributed by atoms with van der Waals surface area (Å²) in [5, 5.41) is 0. The smallest absolute Gasteiger partial charge is 0.138 e. The molecule has 0 spiro atoms. The highest BCUT2D eigenvalue weighted by atomic mass is 16.5. The molecule has 4 atom stereocenters. The van der Waals surface area contributed by atoms with Gasteiger partial charge in [0.1, 0.15) is 5.78 Å². The number of ether oxygens (including phenoxy) is 1. The molecule has 0 bridgehead atoms. The Morgan fingerprint density at radius 3 is 3.20 bits per heavy atom. The van der Waals surface area contributed by atoms with Gasteiger partial charge in [0, 0.05) is 18.3 Å². The van der Waals surface area contributed by atoms with Crippen molar-refractivity contribution >= 4 is 5.78 Å². The Kier molecular flexibility index (Phi) is 0.768. The number of carbonyl (C=O) groups excluding carboxylic acids is 1. The molecule has 3 aliphatic rings. The minimum absolute atomic E-state index is 0.330. The van der Waals surface area contributed by atoms with Crippen LogP contribution in [0.1, 0.15) is 12.8 Å². The van der Waals surface area contributed by atoms with Gasteiger partial charge in [-0.05, 0) is 12.3 Å². The fourth-order valence-corrected chi connectivity index (χ4v) is 2.76. The molecule has 3 fully saturated rings. The standard InChI is InChI=1S/C8H10O2/c9-6-2-7-8-4(3-10-7)1-5(6)8/h4-5,7-8H,1-3H2/t4-,5+,7-,8+/m0/s1. The van der Waals surface area contributed by atoms with Crippen molar-refractivity contribution < 1.29 is 9.53 Å². The molecule has 0 amide bonds. The molecule has 1 heterocycles. The third-order valence-electron chi connectivity index (χ3n) is 3.34. The summed E-state index contributed by atoms with van der Waals surface area (Å²) >= 11 is 0. The van der Waals surface area contributed by atoms with Gasteiger partial charge >= 0.3 is 0 Å². The second-order valence-electron chi connectivity index (χ2n) is 3.72. The zero-order valence-corrected chi connectivity index (χ0v) is 5.75. The lowest BCUT2D eigenvalue weighted by Crippen LogP contribution is -2.36. The SMILES string of the molecule is O=C1C[C@@H]2OC[C@@H]3C[C@H]1[C@@H]32. The zero-order valence-electron chi connectivity index (χ0n) is 5.75. The molecule has 1 saturated heterocycles. The van der Waals surface area contributed by atoms with Crippen molar-refractivity contribution in [3.8, 4) is 0 Å². The Balaban J connectivity index is 1.98. The largest absolute Gasteiger partial charge is 0.377 e. The fourth-order valence-electron chi connectivity index (χ4n) is 2.76. The van der Waals surface area contributed by atoms with Gasteiger partial charge < -0.3 is 4.74 Å². The molecule has 54 valence electrons. The van der Waals surface area contributed by atoms with E-state index in [1.54, 1.807) is 0 Å². The number of hydrogen-bond acceptors (Lipinski definition) is 2. The highest BCUT2D eigenvalue weighted by Crippen LogP contribution is 2.54. The summed E-state index contributed by atoms with van der Waals surface area (Å²) in [7, 11) is 0. The minimum atomic E-state index is 0.330. The van der Waals surface area contributed by atoms with Gasteiger partial charge in [-0.1, -0.05) is 0 Å². The summed E-state index contributed by atoms with van der Waals surface area (Å²) in [6.07, 6.45) is 2.17. The summed E-state index contributed by atoms with van der Waals surface area (Å²) in [5.41, 5.74) is 0. The van der Waals surface area contributed by atoms with E-state index in [1.165, 1.54) is 0 Å². The molecule has 2 nitrogen and oxygen atoms in total. The van der Waals surface area contributed by atoms with Crippen LogP contribution in [0.3, 0.4) is 0 Å². The molecular weight excluding hydrogens is 128 g/mol. The predicted molar refractivity (Wildman–Crippen MR) is 34.5 cm³/mol. The Morgan fingerprint density at radius 1 is 1.50 bits per heavy atom. The Bertz CT molecular complexity index is 199. The van der Waals surface area contributed by atoms with Crippen LogP contribution in [0.4, 0.5) is 0 Å². The number of ketones is 1. The van der Waals surface area contributed by atoms with Crippen LogP contribution < -0.4 is 0 Å². The van der Waals surface area contributed by atoms with Crippen LogP contribution >= 0.6 is 0 Å². The lowest BCUT2D eigenvalue weighted by Gasteiger charge is -2.34. The van der Waals surface area contributed by atoms with E-state index in [4.69, 9.17) is 4.74 Å². The van der Waals surface area contributed by atoms with Crippen LogP contribution in [0.25, 0.3) is 0 Å². The van der Waals surface area contributed by atoms with Crippen LogP contribution in [0, 0.1) is 17.8 Å². The maximum absolute atomic E-state index is 11.1. The van der Waals surface area contributed by atoms with E-state index in [9.17, 15) is 4.79 Å². The molecule has 2 heteroatoms. The Hall–Kier alpha value is -0.370. The molecule has 0 unspecified atom stereocenters. The molecule has 3 rings (SSSR count). The van der Waals surface area contributed by atoms with E-state index in [0.29, 0.717) is 30.1 Å². The van der Waals surface area contributed by atoms with E-state index < -0.39 is 0 Å². The van der Waals surface area contributed by atoms with E-state index in [2.05, 4.69) is 0 Å². The first-order valence-electron chi connectivity index (χ1n) is 4.00. The van der Waals surface area contributed by atoms with Crippen molar-refractivity contribution in [3.63, 3.8) is 0 Å². The van der Waals surface area contributed by atoms with Crippen LogP contribution in [-0.4, -0.2) is 18.5 Å². The molecule has 0 aromatic carbocycles. The number of hydrogen-bond donors (Lipinski definition) is 0. The maximum Gasteiger partial charge on any atom is 0.138 e. The maximum atomic E-state index is 11.1. The van der Waals surface area contributed by atoms with E-state index in [1.807, 2.05) is 0 Å². The van der Waals surface area contributed by atoms with Gasteiger partial charge in [-0.2, -0.15) is 0 Å². The average molecular weight is 138 g/mol. The summed E-state index contributed by atoms with van der Waals surface area (Å²) < 4.78 is 5.48. The molecule has 2 saturated carbocycles. The molecule has 2 aliphatic carbocycles. The van der Waals surface area contributed by atoms with Gasteiger partial charge in [0.15, 0.2) is 0 Å². The zero-order chi connectivity index (χ0) is 6.72. The third kappa shape index (κ3) is 0.409. The van der Waals surface area contributed by atoms with Crippen molar-refractivity contribution in [1.82, 2.24) is 0 Å². The summed E-state index contributed by atoms with van der Waals surface area (Å²) in [6.45, 7) is 0.930. The first-order chi connectivity index (χ1) is 4.86. The lowest BCUT2D eigenvalue weighted by molar-refractivity contribution is -0.125. The number of rotatable bonds is 0. The molecule has 0 N–H and O–H groups in total. The second kappa shape index (κ2) is 1.45. The van der Waals surface area contributed by atoms with Gasteiger partial charge in [0.25, 0.3) is 0 Å². The molecule has 0 radical (unpaired) electrons. The van der Waals surface area contributed by atoms with Crippen molar-refractivity contribution in [3.05, 3.63) is 0 Å². The van der Waals surface area contributed by atoms with Gasteiger partial charge in [-0.15, -0.1) is 0 Å². The first-order valence-corrected chi connectivity index (χ1v) is 4.00. The summed E-state index contributed by atoms with van der Waals surface area (Å²) in [4.78, 5) is 11.1. The first kappa shape index (κ1) is 5.30. The van der Waals surface area contributed by atoms with Crippen LogP contribution in [-0.2, 0) is 9.53 Å². The monoisotopic (exact) mass is 138 g/mol. The van der Waals surface area contributed by atoms with E-state index in [-0.39, 0.29) is 0 Å². The van der Waals surface area contributed by atoms with Crippen LogP contribution in [0.5, 0.6) is 0 Å². The van der Waals surface area contributed by atoms with Crippen molar-refractivity contribution in [2.24, 2.45) is 17.8 Å². The fraction of sp³-hybridized carbons (Fsp3) is 0.875. The Labute approximate surface area is 59.6 Å². The van der Waals surface area contributed by atoms with Crippen molar-refractivity contribution in [1.29, 1.82) is 0 Å². The van der Waals surface area contributed by atoms with E-state index in [0.717, 1.165) is 18.9 Å². The third-order valence-corrected chi connectivity index (χ3v) is 3.34. The highest BCUT2D eigenvalue weighted by molar-refractivity contribution is 5.85. The molecule has 0 aromatic heterocycles. The summed E-state index contributed by atoms with van der Waals surface area (Å²) in [6, 6.07) is 0.